The Labute approximate surface area is 171 Å². The molecule has 126 valence electrons. The average Bonchev–Trinajstić information content (AvgIpc) is 2.56. The van der Waals surface area contributed by atoms with Crippen LogP contribution in [0.15, 0.2) is 63.8 Å². The molecule has 0 amide bonds. The Morgan fingerprint density at radius 1 is 1.23 bits per heavy atom. The van der Waals surface area contributed by atoms with E-state index in [-0.39, 0.29) is 47.2 Å². The summed E-state index contributed by atoms with van der Waals surface area (Å²) in [6.07, 6.45) is 4.93. The van der Waals surface area contributed by atoms with Crippen molar-refractivity contribution >= 4 is 22.5 Å². The number of allylic oxidation sites excluding steroid dienone is 3. The van der Waals surface area contributed by atoms with Crippen molar-refractivity contribution in [3.8, 4) is 17.1 Å². The van der Waals surface area contributed by atoms with Gasteiger partial charge >= 0.3 is 29.6 Å². The number of carbonyl (C=O) groups excluding carboxylic acids is 1. The number of fused-ring (bicyclic) bond motifs is 2. The maximum absolute atomic E-state index is 11.7. The molecule has 1 heterocycles. The van der Waals surface area contributed by atoms with E-state index in [2.05, 4.69) is 0 Å². The molecule has 6 heteroatoms. The first-order valence-electron chi connectivity index (χ1n) is 7.71. The van der Waals surface area contributed by atoms with Crippen LogP contribution >= 0.6 is 0 Å². The predicted molar refractivity (Wildman–Crippen MR) is 93.2 cm³/mol. The van der Waals surface area contributed by atoms with Gasteiger partial charge in [0.25, 0.3) is 0 Å². The van der Waals surface area contributed by atoms with E-state index >= 15 is 0 Å². The van der Waals surface area contributed by atoms with E-state index in [9.17, 15) is 19.8 Å². The Bertz CT molecular complexity index is 1050. The molecule has 5 nitrogen and oxygen atoms in total. The van der Waals surface area contributed by atoms with Gasteiger partial charge in [-0.25, -0.2) is 0 Å². The fraction of sp³-hybridized carbons (Fsp3) is 0.100. The molecule has 1 aliphatic carbocycles. The maximum atomic E-state index is 11.7. The molecule has 0 atom stereocenters. The van der Waals surface area contributed by atoms with E-state index in [0.29, 0.717) is 33.4 Å². The summed E-state index contributed by atoms with van der Waals surface area (Å²) in [6.45, 7) is 1.82. The van der Waals surface area contributed by atoms with Crippen LogP contribution in [0.3, 0.4) is 0 Å². The minimum atomic E-state index is -1.21. The van der Waals surface area contributed by atoms with Crippen molar-refractivity contribution in [2.24, 2.45) is 0 Å². The van der Waals surface area contributed by atoms with E-state index in [1.807, 2.05) is 6.92 Å². The van der Waals surface area contributed by atoms with Crippen LogP contribution in [0.4, 0.5) is 0 Å². The van der Waals surface area contributed by atoms with Crippen molar-refractivity contribution in [2.75, 3.05) is 0 Å². The van der Waals surface area contributed by atoms with Gasteiger partial charge in [0, 0.05) is 35.5 Å². The minimum Gasteiger partial charge on any atom is -0.550 e. The summed E-state index contributed by atoms with van der Waals surface area (Å²) < 4.78 is 5.74. The van der Waals surface area contributed by atoms with Crippen molar-refractivity contribution in [1.82, 2.24) is 0 Å². The predicted octanol–water partition coefficient (Wildman–Crippen LogP) is -0.293. The molecule has 1 N–H and O–H groups in total. The number of carboxylic acids is 1. The zero-order valence-corrected chi connectivity index (χ0v) is 16.5. The topological polar surface area (TPSA) is 90.6 Å². The number of phenols is 1. The summed E-state index contributed by atoms with van der Waals surface area (Å²) in [5.41, 5.74) is 1.92. The van der Waals surface area contributed by atoms with E-state index in [1.165, 1.54) is 24.3 Å². The summed E-state index contributed by atoms with van der Waals surface area (Å²) in [5.74, 6) is -0.874. The molecule has 0 bridgehead atoms. The van der Waals surface area contributed by atoms with E-state index in [0.717, 1.165) is 0 Å². The number of aliphatic carboxylic acids is 1. The first-order valence-corrected chi connectivity index (χ1v) is 7.71. The molecule has 1 aromatic carbocycles. The second-order valence-corrected chi connectivity index (χ2v) is 5.58. The Hall–Kier alpha value is -2.34. The van der Waals surface area contributed by atoms with Crippen LogP contribution in [0.1, 0.15) is 18.9 Å². The normalized spacial score (nSPS) is 11.8. The summed E-state index contributed by atoms with van der Waals surface area (Å²) in [7, 11) is 0. The van der Waals surface area contributed by atoms with Crippen molar-refractivity contribution < 1.29 is 49.0 Å². The van der Waals surface area contributed by atoms with E-state index in [1.54, 1.807) is 30.4 Å². The second kappa shape index (κ2) is 8.36. The largest absolute Gasteiger partial charge is 1.00 e. The molecule has 0 spiro atoms. The van der Waals surface area contributed by atoms with Gasteiger partial charge < -0.3 is 19.4 Å². The number of carbonyl (C=O) groups is 1. The van der Waals surface area contributed by atoms with Crippen LogP contribution < -0.4 is 40.1 Å². The Morgan fingerprint density at radius 2 is 2.00 bits per heavy atom. The van der Waals surface area contributed by atoms with Crippen molar-refractivity contribution in [3.05, 3.63) is 70.4 Å². The zero-order valence-electron chi connectivity index (χ0n) is 14.5. The Kier molecular flexibility index (Phi) is 6.42. The monoisotopic (exact) mass is 358 g/mol. The SMILES string of the molecule is C/C=C\C=C(/CC(=O)[O-])c1c2ccc(=O)cc-2oc2cc(O)ccc12.[Na+]. The Morgan fingerprint density at radius 3 is 2.69 bits per heavy atom. The summed E-state index contributed by atoms with van der Waals surface area (Å²) in [5, 5.41) is 21.6. The Balaban J connectivity index is 0.00000243. The smallest absolute Gasteiger partial charge is 0.550 e. The van der Waals surface area contributed by atoms with Crippen LogP contribution in [0.2, 0.25) is 0 Å². The van der Waals surface area contributed by atoms with Crippen LogP contribution in [0.5, 0.6) is 5.75 Å². The van der Waals surface area contributed by atoms with Gasteiger partial charge in [-0.15, -0.1) is 0 Å². The van der Waals surface area contributed by atoms with Crippen LogP contribution in [0, 0.1) is 0 Å². The van der Waals surface area contributed by atoms with Crippen molar-refractivity contribution in [1.29, 1.82) is 0 Å². The zero-order chi connectivity index (χ0) is 18.0. The van der Waals surface area contributed by atoms with E-state index in [4.69, 9.17) is 4.42 Å². The summed E-state index contributed by atoms with van der Waals surface area (Å²) in [6, 6.07) is 8.95. The number of carboxylic acid groups (broad SMARTS) is 1. The third-order valence-electron chi connectivity index (χ3n) is 3.82. The number of rotatable bonds is 4. The summed E-state index contributed by atoms with van der Waals surface area (Å²) in [4.78, 5) is 22.9. The molecule has 0 saturated carbocycles. The molecule has 1 aromatic rings. The molecule has 2 aliphatic rings. The molecule has 0 saturated heterocycles. The molecule has 0 radical (unpaired) electrons. The molecular formula is C20H15NaO5. The molecule has 0 unspecified atom stereocenters. The van der Waals surface area contributed by atoms with Gasteiger partial charge in [-0.1, -0.05) is 18.2 Å². The van der Waals surface area contributed by atoms with Crippen LogP contribution in [-0.4, -0.2) is 11.1 Å². The van der Waals surface area contributed by atoms with Gasteiger partial charge in [-0.2, -0.15) is 0 Å². The summed E-state index contributed by atoms with van der Waals surface area (Å²) >= 11 is 0. The fourth-order valence-corrected chi connectivity index (χ4v) is 2.80. The molecule has 1 aliphatic heterocycles. The maximum Gasteiger partial charge on any atom is 1.00 e. The number of hydrogen-bond acceptors (Lipinski definition) is 5. The van der Waals surface area contributed by atoms with Gasteiger partial charge in [0.05, 0.1) is 0 Å². The third-order valence-corrected chi connectivity index (χ3v) is 3.82. The number of aromatic hydroxyl groups is 1. The minimum absolute atomic E-state index is 0. The van der Waals surface area contributed by atoms with Crippen molar-refractivity contribution in [3.63, 3.8) is 0 Å². The van der Waals surface area contributed by atoms with Gasteiger partial charge in [-0.05, 0) is 42.3 Å². The quantitative estimate of drug-likeness (QED) is 0.393. The van der Waals surface area contributed by atoms with Gasteiger partial charge in [0.15, 0.2) is 5.43 Å². The molecule has 26 heavy (non-hydrogen) atoms. The van der Waals surface area contributed by atoms with E-state index < -0.39 is 5.97 Å². The van der Waals surface area contributed by atoms with Crippen LogP contribution in [-0.2, 0) is 4.79 Å². The third kappa shape index (κ3) is 4.07. The second-order valence-electron chi connectivity index (χ2n) is 5.58. The number of phenolic OH excluding ortho intramolecular Hbond substituents is 1. The molecular weight excluding hydrogens is 343 g/mol. The van der Waals surface area contributed by atoms with Crippen molar-refractivity contribution in [2.45, 2.75) is 13.3 Å². The van der Waals surface area contributed by atoms with Gasteiger partial charge in [0.2, 0.25) is 0 Å². The number of benzene rings is 2. The first-order chi connectivity index (χ1) is 12.0. The van der Waals surface area contributed by atoms with Gasteiger partial charge in [-0.3, -0.25) is 4.79 Å². The molecule has 0 aromatic heterocycles. The molecule has 0 fully saturated rings. The van der Waals surface area contributed by atoms with Gasteiger partial charge in [0.1, 0.15) is 17.1 Å². The molecule has 3 rings (SSSR count). The average molecular weight is 358 g/mol. The van der Waals surface area contributed by atoms with Crippen LogP contribution in [0.25, 0.3) is 27.9 Å². The fourth-order valence-electron chi connectivity index (χ4n) is 2.80. The number of hydrogen-bond donors (Lipinski definition) is 1. The standard InChI is InChI=1S/C20H16O5.Na/c1-2-3-4-12(9-19(23)24)20-15-7-5-13(21)10-17(15)25-18-11-14(22)6-8-16(18)20;/h2-8,10-11,21H,9H2,1H3,(H,23,24);/q;+1/p-1/b3-2-,12-4+;. The first kappa shape index (κ1) is 20.0.